The molecule has 1 aliphatic carbocycles. The second kappa shape index (κ2) is 7.20. The maximum atomic E-state index is 4.55. The fourth-order valence-corrected chi connectivity index (χ4v) is 2.83. The molecule has 2 heteroatoms. The average molecular weight is 263 g/mol. The summed E-state index contributed by atoms with van der Waals surface area (Å²) in [7, 11) is 0. The minimum atomic E-state index is 0.576. The largest absolute Gasteiger partial charge is 0.300 e. The van der Waals surface area contributed by atoms with E-state index >= 15 is 0 Å². The zero-order valence-electron chi connectivity index (χ0n) is 11.4. The minimum absolute atomic E-state index is 0.576. The van der Waals surface area contributed by atoms with E-state index < -0.39 is 0 Å². The lowest BCUT2D eigenvalue weighted by atomic mass is 10.0. The summed E-state index contributed by atoms with van der Waals surface area (Å²) >= 11 is 4.55. The van der Waals surface area contributed by atoms with E-state index in [0.717, 1.165) is 11.8 Å². The molecular formula is C16H25NS. The number of nitrogens with zero attached hydrogens (tertiary/aromatic N) is 1. The third-order valence-electron chi connectivity index (χ3n) is 3.81. The van der Waals surface area contributed by atoms with Crippen LogP contribution in [0.25, 0.3) is 0 Å². The van der Waals surface area contributed by atoms with Gasteiger partial charge in [0.1, 0.15) is 0 Å². The summed E-state index contributed by atoms with van der Waals surface area (Å²) in [6.07, 6.45) is 5.42. The first-order chi connectivity index (χ1) is 8.85. The Labute approximate surface area is 117 Å². The molecule has 100 valence electrons. The minimum Gasteiger partial charge on any atom is -0.300 e. The van der Waals surface area contributed by atoms with Crippen molar-refractivity contribution >= 4 is 12.6 Å². The van der Waals surface area contributed by atoms with Gasteiger partial charge in [0.15, 0.2) is 0 Å². The van der Waals surface area contributed by atoms with Gasteiger partial charge in [-0.05, 0) is 37.1 Å². The lowest BCUT2D eigenvalue weighted by molar-refractivity contribution is 0.248. The molecule has 1 aliphatic rings. The van der Waals surface area contributed by atoms with Crippen LogP contribution in [-0.2, 0) is 0 Å². The van der Waals surface area contributed by atoms with Gasteiger partial charge in [-0.2, -0.15) is 12.6 Å². The van der Waals surface area contributed by atoms with Crippen LogP contribution in [-0.4, -0.2) is 29.8 Å². The highest BCUT2D eigenvalue weighted by Gasteiger charge is 2.30. The maximum absolute atomic E-state index is 4.55. The molecule has 2 rings (SSSR count). The number of hydrogen-bond acceptors (Lipinski definition) is 2. The van der Waals surface area contributed by atoms with Crippen molar-refractivity contribution in [2.24, 2.45) is 0 Å². The van der Waals surface area contributed by atoms with Gasteiger partial charge in [-0.3, -0.25) is 4.90 Å². The Bertz CT molecular complexity index is 334. The Morgan fingerprint density at radius 3 is 2.56 bits per heavy atom. The maximum Gasteiger partial charge on any atom is 0.00966 e. The molecule has 0 spiro atoms. The van der Waals surface area contributed by atoms with E-state index in [1.165, 1.54) is 44.3 Å². The SMILES string of the molecule is CCCCN(CC(CS)c1ccccc1)C1CC1. The molecule has 18 heavy (non-hydrogen) atoms. The molecular weight excluding hydrogens is 238 g/mol. The van der Waals surface area contributed by atoms with Crippen LogP contribution in [0.4, 0.5) is 0 Å². The van der Waals surface area contributed by atoms with Gasteiger partial charge in [-0.1, -0.05) is 43.7 Å². The monoisotopic (exact) mass is 263 g/mol. The number of unbranched alkanes of at least 4 members (excludes halogenated alkanes) is 1. The number of rotatable bonds is 8. The third kappa shape index (κ3) is 4.03. The second-order valence-electron chi connectivity index (χ2n) is 5.37. The molecule has 1 fully saturated rings. The van der Waals surface area contributed by atoms with E-state index in [0.29, 0.717) is 5.92 Å². The van der Waals surface area contributed by atoms with Crippen molar-refractivity contribution < 1.29 is 0 Å². The predicted octanol–water partition coefficient (Wildman–Crippen LogP) is 3.96. The van der Waals surface area contributed by atoms with Crippen LogP contribution in [0.3, 0.4) is 0 Å². The zero-order valence-corrected chi connectivity index (χ0v) is 12.3. The normalized spacial score (nSPS) is 17.1. The first-order valence-corrected chi connectivity index (χ1v) is 7.88. The molecule has 1 nitrogen and oxygen atoms in total. The lowest BCUT2D eigenvalue weighted by Gasteiger charge is -2.27. The van der Waals surface area contributed by atoms with Crippen LogP contribution < -0.4 is 0 Å². The summed E-state index contributed by atoms with van der Waals surface area (Å²) in [6.45, 7) is 4.72. The van der Waals surface area contributed by atoms with Crippen molar-refractivity contribution in [3.8, 4) is 0 Å². The number of benzene rings is 1. The highest BCUT2D eigenvalue weighted by Crippen LogP contribution is 2.30. The van der Waals surface area contributed by atoms with Gasteiger partial charge < -0.3 is 0 Å². The van der Waals surface area contributed by atoms with Gasteiger partial charge in [0.05, 0.1) is 0 Å². The summed E-state index contributed by atoms with van der Waals surface area (Å²) < 4.78 is 0. The molecule has 0 radical (unpaired) electrons. The quantitative estimate of drug-likeness (QED) is 0.695. The lowest BCUT2D eigenvalue weighted by Crippen LogP contribution is -2.32. The topological polar surface area (TPSA) is 3.24 Å². The number of hydrogen-bond donors (Lipinski definition) is 1. The molecule has 1 unspecified atom stereocenters. The first-order valence-electron chi connectivity index (χ1n) is 7.25. The summed E-state index contributed by atoms with van der Waals surface area (Å²) in [4.78, 5) is 2.69. The molecule has 0 amide bonds. The molecule has 0 N–H and O–H groups in total. The first kappa shape index (κ1) is 14.0. The summed E-state index contributed by atoms with van der Waals surface area (Å²) in [5, 5.41) is 0. The van der Waals surface area contributed by atoms with Crippen molar-refractivity contribution in [1.82, 2.24) is 4.90 Å². The van der Waals surface area contributed by atoms with Crippen molar-refractivity contribution in [3.63, 3.8) is 0 Å². The molecule has 1 aromatic rings. The van der Waals surface area contributed by atoms with Gasteiger partial charge in [0, 0.05) is 18.5 Å². The van der Waals surface area contributed by atoms with E-state index in [1.54, 1.807) is 0 Å². The highest BCUT2D eigenvalue weighted by atomic mass is 32.1. The fraction of sp³-hybridized carbons (Fsp3) is 0.625. The Morgan fingerprint density at radius 2 is 2.00 bits per heavy atom. The molecule has 1 saturated carbocycles. The molecule has 0 aromatic heterocycles. The van der Waals surface area contributed by atoms with Crippen molar-refractivity contribution in [2.45, 2.75) is 44.6 Å². The van der Waals surface area contributed by atoms with Gasteiger partial charge in [-0.15, -0.1) is 0 Å². The van der Waals surface area contributed by atoms with Crippen LogP contribution in [0.1, 0.15) is 44.1 Å². The molecule has 0 saturated heterocycles. The van der Waals surface area contributed by atoms with Gasteiger partial charge >= 0.3 is 0 Å². The zero-order chi connectivity index (χ0) is 12.8. The summed E-state index contributed by atoms with van der Waals surface area (Å²) in [6, 6.07) is 11.7. The van der Waals surface area contributed by atoms with E-state index in [9.17, 15) is 0 Å². The van der Waals surface area contributed by atoms with Gasteiger partial charge in [0.25, 0.3) is 0 Å². The van der Waals surface area contributed by atoms with Crippen LogP contribution in [0.2, 0.25) is 0 Å². The van der Waals surface area contributed by atoms with Gasteiger partial charge in [-0.25, -0.2) is 0 Å². The van der Waals surface area contributed by atoms with E-state index in [2.05, 4.69) is 54.8 Å². The van der Waals surface area contributed by atoms with Crippen molar-refractivity contribution in [3.05, 3.63) is 35.9 Å². The average Bonchev–Trinajstić information content (AvgIpc) is 3.25. The van der Waals surface area contributed by atoms with E-state index in [4.69, 9.17) is 0 Å². The second-order valence-corrected chi connectivity index (χ2v) is 5.73. The third-order valence-corrected chi connectivity index (χ3v) is 4.25. The smallest absolute Gasteiger partial charge is 0.00966 e. The predicted molar refractivity (Wildman–Crippen MR) is 82.5 cm³/mol. The Kier molecular flexibility index (Phi) is 5.58. The Hall–Kier alpha value is -0.470. The van der Waals surface area contributed by atoms with Gasteiger partial charge in [0.2, 0.25) is 0 Å². The van der Waals surface area contributed by atoms with Crippen molar-refractivity contribution in [2.75, 3.05) is 18.8 Å². The van der Waals surface area contributed by atoms with Crippen molar-refractivity contribution in [1.29, 1.82) is 0 Å². The number of thiol groups is 1. The van der Waals surface area contributed by atoms with E-state index in [-0.39, 0.29) is 0 Å². The molecule has 0 bridgehead atoms. The fourth-order valence-electron chi connectivity index (χ4n) is 2.50. The van der Waals surface area contributed by atoms with Crippen LogP contribution in [0, 0.1) is 0 Å². The van der Waals surface area contributed by atoms with Crippen LogP contribution in [0.15, 0.2) is 30.3 Å². The van der Waals surface area contributed by atoms with Crippen LogP contribution in [0.5, 0.6) is 0 Å². The molecule has 0 heterocycles. The van der Waals surface area contributed by atoms with Crippen LogP contribution >= 0.6 is 12.6 Å². The molecule has 1 atom stereocenters. The molecule has 1 aromatic carbocycles. The standard InChI is InChI=1S/C16H25NS/c1-2-3-11-17(16-9-10-16)12-15(13-18)14-7-5-4-6-8-14/h4-8,15-16,18H,2-3,9-13H2,1H3. The molecule has 0 aliphatic heterocycles. The summed E-state index contributed by atoms with van der Waals surface area (Å²) in [5.74, 6) is 1.52. The Morgan fingerprint density at radius 1 is 1.28 bits per heavy atom. The summed E-state index contributed by atoms with van der Waals surface area (Å²) in [5.41, 5.74) is 1.44. The Balaban J connectivity index is 1.95. The highest BCUT2D eigenvalue weighted by molar-refractivity contribution is 7.80. The van der Waals surface area contributed by atoms with E-state index in [1.807, 2.05) is 0 Å².